The summed E-state index contributed by atoms with van der Waals surface area (Å²) in [6.45, 7) is 2.16. The maximum Gasteiger partial charge on any atom is 0.433 e. The summed E-state index contributed by atoms with van der Waals surface area (Å²) in [7, 11) is 1.47. The van der Waals surface area contributed by atoms with Crippen LogP contribution >= 0.6 is 0 Å². The number of aromatic nitrogens is 1. The molecule has 1 saturated heterocycles. The smallest absolute Gasteiger partial charge is 0.433 e. The molecule has 134 valence electrons. The Morgan fingerprint density at radius 3 is 2.32 bits per heavy atom. The molecule has 0 radical (unpaired) electrons. The summed E-state index contributed by atoms with van der Waals surface area (Å²) >= 11 is 0. The molecule has 1 fully saturated rings. The molecule has 0 unspecified atom stereocenters. The van der Waals surface area contributed by atoms with Crippen molar-refractivity contribution < 1.29 is 22.3 Å². The first kappa shape index (κ1) is 17.3. The average molecular weight is 355 g/mol. The quantitative estimate of drug-likeness (QED) is 0.787. The van der Waals surface area contributed by atoms with Crippen molar-refractivity contribution in [1.29, 1.82) is 0 Å². The van der Waals surface area contributed by atoms with Gasteiger partial charge in [0.15, 0.2) is 0 Å². The molecule has 0 N–H and O–H groups in total. The molecule has 1 aromatic heterocycles. The number of alkyl halides is 3. The predicted molar refractivity (Wildman–Crippen MR) is 86.6 cm³/mol. The molecule has 0 atom stereocenters. The summed E-state index contributed by atoms with van der Waals surface area (Å²) in [6.07, 6.45) is -4.46. The third-order valence-corrected chi connectivity index (χ3v) is 4.11. The van der Waals surface area contributed by atoms with Crippen molar-refractivity contribution in [2.24, 2.45) is 0 Å². The van der Waals surface area contributed by atoms with Crippen molar-refractivity contribution in [3.63, 3.8) is 0 Å². The van der Waals surface area contributed by atoms with Crippen molar-refractivity contribution in [2.75, 3.05) is 43.1 Å². The van der Waals surface area contributed by atoms with Crippen LogP contribution in [0, 0.1) is 5.82 Å². The highest BCUT2D eigenvalue weighted by Crippen LogP contribution is 2.31. The number of pyridine rings is 1. The van der Waals surface area contributed by atoms with Crippen LogP contribution < -0.4 is 14.5 Å². The molecule has 0 bridgehead atoms. The minimum absolute atomic E-state index is 0.306. The lowest BCUT2D eigenvalue weighted by Crippen LogP contribution is -2.47. The second-order valence-electron chi connectivity index (χ2n) is 5.67. The molecule has 2 heterocycles. The number of methoxy groups -OCH3 is 1. The molecular formula is C17H17F4N3O. The minimum atomic E-state index is -4.46. The number of ether oxygens (including phenoxy) is 1. The molecule has 25 heavy (non-hydrogen) atoms. The first-order chi connectivity index (χ1) is 11.9. The van der Waals surface area contributed by atoms with Crippen molar-refractivity contribution in [3.05, 3.63) is 47.9 Å². The fourth-order valence-corrected chi connectivity index (χ4v) is 2.85. The van der Waals surface area contributed by atoms with E-state index in [1.165, 1.54) is 25.3 Å². The van der Waals surface area contributed by atoms with E-state index in [1.807, 2.05) is 9.80 Å². The van der Waals surface area contributed by atoms with Crippen LogP contribution in [0.4, 0.5) is 29.1 Å². The Bertz CT molecular complexity index is 743. The molecule has 0 saturated carbocycles. The Kier molecular flexibility index (Phi) is 4.69. The van der Waals surface area contributed by atoms with E-state index in [1.54, 1.807) is 12.1 Å². The number of benzene rings is 1. The van der Waals surface area contributed by atoms with Gasteiger partial charge in [0.25, 0.3) is 0 Å². The van der Waals surface area contributed by atoms with E-state index in [2.05, 4.69) is 4.98 Å². The van der Waals surface area contributed by atoms with Gasteiger partial charge in [0.2, 0.25) is 0 Å². The first-order valence-electron chi connectivity index (χ1n) is 7.76. The van der Waals surface area contributed by atoms with E-state index in [9.17, 15) is 17.6 Å². The van der Waals surface area contributed by atoms with E-state index < -0.39 is 11.9 Å². The van der Waals surface area contributed by atoms with Crippen molar-refractivity contribution in [1.82, 2.24) is 4.98 Å². The lowest BCUT2D eigenvalue weighted by Gasteiger charge is -2.37. The summed E-state index contributed by atoms with van der Waals surface area (Å²) in [5.41, 5.74) is -0.131. The highest BCUT2D eigenvalue weighted by molar-refractivity contribution is 5.59. The van der Waals surface area contributed by atoms with E-state index in [-0.39, 0.29) is 5.82 Å². The van der Waals surface area contributed by atoms with Crippen molar-refractivity contribution in [3.8, 4) is 5.75 Å². The monoisotopic (exact) mass is 355 g/mol. The van der Waals surface area contributed by atoms with E-state index in [0.29, 0.717) is 37.7 Å². The van der Waals surface area contributed by atoms with Gasteiger partial charge in [0.05, 0.1) is 12.8 Å². The number of hydrogen-bond donors (Lipinski definition) is 0. The third-order valence-electron chi connectivity index (χ3n) is 4.11. The fourth-order valence-electron chi connectivity index (χ4n) is 2.85. The van der Waals surface area contributed by atoms with Crippen LogP contribution in [0.2, 0.25) is 0 Å². The van der Waals surface area contributed by atoms with Gasteiger partial charge in [-0.2, -0.15) is 13.2 Å². The highest BCUT2D eigenvalue weighted by Gasteiger charge is 2.33. The standard InChI is InChI=1S/C17H17F4N3O/c1-25-14-11-12(18)5-6-13(14)23-7-9-24(10-8-23)16-4-2-3-15(22-16)17(19,20)21/h2-6,11H,7-10H2,1H3. The normalized spacial score (nSPS) is 15.4. The highest BCUT2D eigenvalue weighted by atomic mass is 19.4. The van der Waals surface area contributed by atoms with Gasteiger partial charge in [-0.25, -0.2) is 9.37 Å². The number of piperazine rings is 1. The number of rotatable bonds is 3. The zero-order chi connectivity index (χ0) is 18.0. The molecule has 4 nitrogen and oxygen atoms in total. The minimum Gasteiger partial charge on any atom is -0.494 e. The molecule has 2 aromatic rings. The van der Waals surface area contributed by atoms with Gasteiger partial charge in [-0.05, 0) is 24.3 Å². The SMILES string of the molecule is COc1cc(F)ccc1N1CCN(c2cccc(C(F)(F)F)n2)CC1. The van der Waals surface area contributed by atoms with Crippen LogP contribution in [0.25, 0.3) is 0 Å². The molecular weight excluding hydrogens is 338 g/mol. The Morgan fingerprint density at radius 2 is 1.68 bits per heavy atom. The number of anilines is 2. The second kappa shape index (κ2) is 6.78. The molecule has 8 heteroatoms. The maximum absolute atomic E-state index is 13.3. The fraction of sp³-hybridized carbons (Fsp3) is 0.353. The van der Waals surface area contributed by atoms with Gasteiger partial charge in [-0.15, -0.1) is 0 Å². The van der Waals surface area contributed by atoms with Crippen LogP contribution in [-0.4, -0.2) is 38.3 Å². The molecule has 1 aliphatic rings. The largest absolute Gasteiger partial charge is 0.494 e. The topological polar surface area (TPSA) is 28.6 Å². The molecule has 3 rings (SSSR count). The Balaban J connectivity index is 1.72. The lowest BCUT2D eigenvalue weighted by molar-refractivity contribution is -0.141. The Morgan fingerprint density at radius 1 is 1.00 bits per heavy atom. The molecule has 0 aliphatic carbocycles. The van der Waals surface area contributed by atoms with Gasteiger partial charge < -0.3 is 14.5 Å². The van der Waals surface area contributed by atoms with Gasteiger partial charge >= 0.3 is 6.18 Å². The molecule has 1 aromatic carbocycles. The number of nitrogens with zero attached hydrogens (tertiary/aromatic N) is 3. The van der Waals surface area contributed by atoms with Crippen LogP contribution in [0.5, 0.6) is 5.75 Å². The maximum atomic E-state index is 13.3. The van der Waals surface area contributed by atoms with Crippen LogP contribution in [0.3, 0.4) is 0 Å². The predicted octanol–water partition coefficient (Wildman–Crippen LogP) is 3.57. The Hall–Kier alpha value is -2.51. The van der Waals surface area contributed by atoms with Crippen LogP contribution in [0.1, 0.15) is 5.69 Å². The summed E-state index contributed by atoms with van der Waals surface area (Å²) in [4.78, 5) is 7.54. The molecule has 1 aliphatic heterocycles. The molecule has 0 spiro atoms. The van der Waals surface area contributed by atoms with E-state index in [0.717, 1.165) is 11.8 Å². The third kappa shape index (κ3) is 3.78. The second-order valence-corrected chi connectivity index (χ2v) is 5.67. The van der Waals surface area contributed by atoms with Crippen molar-refractivity contribution in [2.45, 2.75) is 6.18 Å². The zero-order valence-corrected chi connectivity index (χ0v) is 13.6. The summed E-state index contributed by atoms with van der Waals surface area (Å²) in [5, 5.41) is 0. The van der Waals surface area contributed by atoms with Gasteiger partial charge in [0, 0.05) is 32.2 Å². The van der Waals surface area contributed by atoms with Crippen molar-refractivity contribution >= 4 is 11.5 Å². The van der Waals surface area contributed by atoms with Gasteiger partial charge in [-0.1, -0.05) is 6.07 Å². The summed E-state index contributed by atoms with van der Waals surface area (Å²) in [5.74, 6) is 0.360. The number of hydrogen-bond acceptors (Lipinski definition) is 4. The Labute approximate surface area is 142 Å². The summed E-state index contributed by atoms with van der Waals surface area (Å²) < 4.78 is 56.9. The first-order valence-corrected chi connectivity index (χ1v) is 7.76. The lowest BCUT2D eigenvalue weighted by atomic mass is 10.2. The van der Waals surface area contributed by atoms with Gasteiger partial charge in [0.1, 0.15) is 23.1 Å². The number of halogens is 4. The van der Waals surface area contributed by atoms with E-state index in [4.69, 9.17) is 4.74 Å². The average Bonchev–Trinajstić information content (AvgIpc) is 2.61. The zero-order valence-electron chi connectivity index (χ0n) is 13.6. The van der Waals surface area contributed by atoms with Gasteiger partial charge in [-0.3, -0.25) is 0 Å². The molecule has 0 amide bonds. The van der Waals surface area contributed by atoms with Crippen LogP contribution in [-0.2, 0) is 6.18 Å². The summed E-state index contributed by atoms with van der Waals surface area (Å²) in [6, 6.07) is 8.22. The van der Waals surface area contributed by atoms with Crippen LogP contribution in [0.15, 0.2) is 36.4 Å². The van der Waals surface area contributed by atoms with E-state index >= 15 is 0 Å².